The Kier molecular flexibility index (Phi) is 8.66. The van der Waals surface area contributed by atoms with Crippen molar-refractivity contribution in [3.63, 3.8) is 0 Å². The summed E-state index contributed by atoms with van der Waals surface area (Å²) in [6.45, 7) is -1.15. The molecule has 5 rings (SSSR count). The second kappa shape index (κ2) is 11.8. The molecule has 0 amide bonds. The van der Waals surface area contributed by atoms with E-state index in [1.165, 1.54) is 19.2 Å². The zero-order chi connectivity index (χ0) is 27.8. The molecule has 204 valence electrons. The first kappa shape index (κ1) is 29.3. The number of benzene rings is 3. The van der Waals surface area contributed by atoms with Gasteiger partial charge in [-0.2, -0.15) is 0 Å². The standard InChI is InChI=1S/C27H25NO11.Na/c1-36-18-6-12(2-4-15(18)31)26-21(11-29)37-17-5-3-13(7-19(17)38-26)27-25(35)24(28-10-22(33)34)23-16(32)8-14(30)9-20(23)39-27;/h2-9,21,25-27,29-32,35H,10-11H2,1H3,(H,33,34);/q;+1/p-1. The van der Waals surface area contributed by atoms with Crippen LogP contribution in [0.3, 0.4) is 0 Å². The van der Waals surface area contributed by atoms with Crippen LogP contribution in [0.25, 0.3) is 0 Å². The summed E-state index contributed by atoms with van der Waals surface area (Å²) >= 11 is 0. The summed E-state index contributed by atoms with van der Waals surface area (Å²) in [4.78, 5) is 15.0. The van der Waals surface area contributed by atoms with E-state index in [-0.39, 0.29) is 76.2 Å². The van der Waals surface area contributed by atoms with Crippen LogP contribution in [0, 0.1) is 0 Å². The number of hydrogen-bond donors (Lipinski definition) is 5. The van der Waals surface area contributed by atoms with Crippen molar-refractivity contribution < 1.29 is 83.9 Å². The van der Waals surface area contributed by atoms with E-state index in [1.807, 2.05) is 0 Å². The van der Waals surface area contributed by atoms with Gasteiger partial charge in [-0.1, -0.05) is 12.1 Å². The number of carboxylic acids is 1. The van der Waals surface area contributed by atoms with E-state index in [4.69, 9.17) is 18.9 Å². The Balaban J connectivity index is 0.00000370. The summed E-state index contributed by atoms with van der Waals surface area (Å²) in [5.74, 6) is -1.59. The predicted molar refractivity (Wildman–Crippen MR) is 132 cm³/mol. The molecule has 3 aromatic rings. The van der Waals surface area contributed by atoms with Gasteiger partial charge < -0.3 is 54.4 Å². The third-order valence-electron chi connectivity index (χ3n) is 6.40. The van der Waals surface area contributed by atoms with E-state index >= 15 is 0 Å². The molecule has 4 unspecified atom stereocenters. The fourth-order valence-corrected chi connectivity index (χ4v) is 4.62. The molecule has 13 heteroatoms. The smallest absolute Gasteiger partial charge is 0.548 e. The average molecular weight is 561 g/mol. The van der Waals surface area contributed by atoms with Crippen LogP contribution in [0.2, 0.25) is 0 Å². The largest absolute Gasteiger partial charge is 1.00 e. The Hall–Kier alpha value is -3.68. The van der Waals surface area contributed by atoms with Crippen molar-refractivity contribution in [1.82, 2.24) is 0 Å². The number of aromatic hydroxyl groups is 3. The minimum Gasteiger partial charge on any atom is -0.548 e. The molecule has 5 N–H and O–H groups in total. The van der Waals surface area contributed by atoms with Gasteiger partial charge in [0.15, 0.2) is 41.3 Å². The number of aliphatic hydroxyl groups excluding tert-OH is 2. The van der Waals surface area contributed by atoms with E-state index in [0.717, 1.165) is 6.07 Å². The third-order valence-corrected chi connectivity index (χ3v) is 6.40. The topological polar surface area (TPSA) is 191 Å². The number of ether oxygens (including phenoxy) is 4. The first-order valence-electron chi connectivity index (χ1n) is 11.8. The molecule has 2 heterocycles. The molecule has 0 fully saturated rings. The van der Waals surface area contributed by atoms with Crippen LogP contribution in [0.15, 0.2) is 53.5 Å². The molecule has 0 radical (unpaired) electrons. The van der Waals surface area contributed by atoms with E-state index in [9.17, 15) is 35.4 Å². The van der Waals surface area contributed by atoms with E-state index in [2.05, 4.69) is 4.99 Å². The van der Waals surface area contributed by atoms with Gasteiger partial charge in [0.1, 0.15) is 23.4 Å². The minimum atomic E-state index is -1.52. The number of phenolic OH excluding ortho intramolecular Hbond substituents is 3. The van der Waals surface area contributed by atoms with E-state index in [1.54, 1.807) is 30.3 Å². The Morgan fingerprint density at radius 3 is 2.33 bits per heavy atom. The van der Waals surface area contributed by atoms with Crippen molar-refractivity contribution in [2.75, 3.05) is 20.3 Å². The summed E-state index contributed by atoms with van der Waals surface area (Å²) in [5, 5.41) is 62.4. The van der Waals surface area contributed by atoms with Gasteiger partial charge in [0.05, 0.1) is 37.5 Å². The van der Waals surface area contributed by atoms with Gasteiger partial charge in [-0.25, -0.2) is 0 Å². The number of carbonyl (C=O) groups is 1. The fourth-order valence-electron chi connectivity index (χ4n) is 4.62. The summed E-state index contributed by atoms with van der Waals surface area (Å²) in [6, 6.07) is 11.5. The monoisotopic (exact) mass is 561 g/mol. The number of aliphatic hydroxyl groups is 2. The number of fused-ring (bicyclic) bond motifs is 2. The van der Waals surface area contributed by atoms with Crippen LogP contribution < -0.4 is 53.6 Å². The second-order valence-corrected chi connectivity index (χ2v) is 8.91. The zero-order valence-corrected chi connectivity index (χ0v) is 23.5. The maximum Gasteiger partial charge on any atom is 1.00 e. The fraction of sp³-hybridized carbons (Fsp3) is 0.259. The van der Waals surface area contributed by atoms with E-state index in [0.29, 0.717) is 16.9 Å². The molecule has 12 nitrogen and oxygen atoms in total. The molecular formula is C27H24NNaO11. The maximum atomic E-state index is 11.1. The van der Waals surface area contributed by atoms with Crippen molar-refractivity contribution in [1.29, 1.82) is 0 Å². The Morgan fingerprint density at radius 2 is 1.62 bits per heavy atom. The van der Waals surface area contributed by atoms with E-state index < -0.39 is 42.7 Å². The van der Waals surface area contributed by atoms with Crippen molar-refractivity contribution in [2.24, 2.45) is 4.99 Å². The number of aliphatic carboxylic acids is 1. The molecule has 2 aliphatic heterocycles. The SMILES string of the molecule is COc1cc(C2Oc3cc(C4Oc5cc(O)cc(O)c5C(=NCC(=O)[O-])C4O)ccc3OC2CO)ccc1O.[Na+]. The third kappa shape index (κ3) is 5.49. The van der Waals surface area contributed by atoms with Crippen molar-refractivity contribution in [2.45, 2.75) is 24.4 Å². The van der Waals surface area contributed by atoms with Gasteiger partial charge in [0.25, 0.3) is 0 Å². The second-order valence-electron chi connectivity index (χ2n) is 8.91. The first-order valence-corrected chi connectivity index (χ1v) is 11.8. The van der Waals surface area contributed by atoms with Crippen LogP contribution in [-0.2, 0) is 4.79 Å². The van der Waals surface area contributed by atoms with Crippen LogP contribution in [0.5, 0.6) is 40.2 Å². The van der Waals surface area contributed by atoms with Gasteiger partial charge in [0.2, 0.25) is 0 Å². The Labute approximate surface area is 250 Å². The van der Waals surface area contributed by atoms with Gasteiger partial charge in [0, 0.05) is 17.7 Å². The maximum absolute atomic E-state index is 11.1. The van der Waals surface area contributed by atoms with Gasteiger partial charge >= 0.3 is 29.6 Å². The quantitative estimate of drug-likeness (QED) is 0.204. The molecule has 0 aliphatic carbocycles. The Bertz CT molecular complexity index is 1460. The number of aliphatic imine (C=N–C) groups is 1. The molecule has 40 heavy (non-hydrogen) atoms. The summed E-state index contributed by atoms with van der Waals surface area (Å²) in [6.07, 6.45) is -4.23. The zero-order valence-electron chi connectivity index (χ0n) is 21.5. The van der Waals surface area contributed by atoms with Crippen LogP contribution in [0.1, 0.15) is 28.9 Å². The minimum absolute atomic E-state index is 0. The molecule has 0 spiro atoms. The summed E-state index contributed by atoms with van der Waals surface area (Å²) < 4.78 is 23.2. The van der Waals surface area contributed by atoms with Crippen molar-refractivity contribution >= 4 is 11.7 Å². The summed E-state index contributed by atoms with van der Waals surface area (Å²) in [7, 11) is 1.40. The number of phenols is 3. The number of carboxylic acid groups (broad SMARTS) is 1. The average Bonchev–Trinajstić information content (AvgIpc) is 2.91. The molecule has 2 aliphatic rings. The van der Waals surface area contributed by atoms with Crippen molar-refractivity contribution in [3.05, 3.63) is 65.2 Å². The molecular weight excluding hydrogens is 537 g/mol. The molecule has 0 saturated heterocycles. The Morgan fingerprint density at radius 1 is 0.925 bits per heavy atom. The molecule has 3 aromatic carbocycles. The van der Waals surface area contributed by atoms with Gasteiger partial charge in [-0.3, -0.25) is 4.99 Å². The number of rotatable bonds is 6. The van der Waals surface area contributed by atoms with Crippen molar-refractivity contribution in [3.8, 4) is 40.2 Å². The van der Waals surface area contributed by atoms with Crippen LogP contribution >= 0.6 is 0 Å². The molecule has 0 saturated carbocycles. The number of nitrogens with zero attached hydrogens (tertiary/aromatic N) is 1. The molecule has 4 atom stereocenters. The predicted octanol–water partition coefficient (Wildman–Crippen LogP) is -2.28. The molecule has 0 aromatic heterocycles. The summed E-state index contributed by atoms with van der Waals surface area (Å²) in [5.41, 5.74) is 0.726. The van der Waals surface area contributed by atoms with Crippen LogP contribution in [-0.4, -0.2) is 69.7 Å². The molecule has 0 bridgehead atoms. The van der Waals surface area contributed by atoms with Gasteiger partial charge in [-0.15, -0.1) is 0 Å². The first-order chi connectivity index (χ1) is 18.7. The number of hydrogen-bond acceptors (Lipinski definition) is 12. The number of carbonyl (C=O) groups excluding carboxylic acids is 1. The van der Waals surface area contributed by atoms with Gasteiger partial charge in [-0.05, 0) is 29.8 Å². The normalized spacial score (nSPS) is 22.0. The number of methoxy groups -OCH3 is 1. The van der Waals surface area contributed by atoms with Crippen LogP contribution in [0.4, 0.5) is 0 Å².